The SMILES string of the molecule is CCCC1(c2ccccc2)NC(=O)N(CC(=O)Nc2cc(Cl)c(Cl)cc2Cl)C1=O. The molecule has 4 amide bonds. The van der Waals surface area contributed by atoms with Crippen LogP contribution in [0.1, 0.15) is 25.3 Å². The van der Waals surface area contributed by atoms with E-state index >= 15 is 0 Å². The number of nitrogens with zero attached hydrogens (tertiary/aromatic N) is 1. The van der Waals surface area contributed by atoms with Gasteiger partial charge in [-0.2, -0.15) is 0 Å². The highest BCUT2D eigenvalue weighted by molar-refractivity contribution is 6.44. The van der Waals surface area contributed by atoms with Gasteiger partial charge in [-0.3, -0.25) is 14.5 Å². The van der Waals surface area contributed by atoms with E-state index in [9.17, 15) is 14.4 Å². The quantitative estimate of drug-likeness (QED) is 0.484. The molecule has 0 aliphatic carbocycles. The number of urea groups is 1. The minimum Gasteiger partial charge on any atom is -0.323 e. The van der Waals surface area contributed by atoms with Crippen molar-refractivity contribution in [3.8, 4) is 0 Å². The lowest BCUT2D eigenvalue weighted by atomic mass is 9.85. The van der Waals surface area contributed by atoms with Crippen LogP contribution in [0.25, 0.3) is 0 Å². The molecule has 152 valence electrons. The van der Waals surface area contributed by atoms with Gasteiger partial charge in [-0.1, -0.05) is 78.5 Å². The lowest BCUT2D eigenvalue weighted by molar-refractivity contribution is -0.134. The molecule has 6 nitrogen and oxygen atoms in total. The zero-order valence-electron chi connectivity index (χ0n) is 15.5. The molecule has 9 heteroatoms. The van der Waals surface area contributed by atoms with Crippen molar-refractivity contribution < 1.29 is 14.4 Å². The largest absolute Gasteiger partial charge is 0.325 e. The first-order valence-corrected chi connectivity index (χ1v) is 10.1. The molecule has 0 bridgehead atoms. The van der Waals surface area contributed by atoms with Crippen LogP contribution in [0.3, 0.4) is 0 Å². The van der Waals surface area contributed by atoms with Crippen LogP contribution in [0.2, 0.25) is 15.1 Å². The first-order chi connectivity index (χ1) is 13.8. The Morgan fingerprint density at radius 2 is 1.72 bits per heavy atom. The summed E-state index contributed by atoms with van der Waals surface area (Å²) in [5.74, 6) is -1.06. The van der Waals surface area contributed by atoms with Gasteiger partial charge in [0.05, 0.1) is 20.8 Å². The van der Waals surface area contributed by atoms with Crippen LogP contribution in [-0.2, 0) is 15.1 Å². The van der Waals surface area contributed by atoms with Crippen LogP contribution in [0.4, 0.5) is 10.5 Å². The van der Waals surface area contributed by atoms with Gasteiger partial charge < -0.3 is 10.6 Å². The van der Waals surface area contributed by atoms with Crippen molar-refractivity contribution >= 4 is 58.3 Å². The molecule has 1 heterocycles. The van der Waals surface area contributed by atoms with Gasteiger partial charge in [-0.25, -0.2) is 4.79 Å². The van der Waals surface area contributed by atoms with E-state index in [-0.39, 0.29) is 20.8 Å². The predicted molar refractivity (Wildman–Crippen MR) is 113 cm³/mol. The first kappa shape index (κ1) is 21.4. The molecule has 2 N–H and O–H groups in total. The van der Waals surface area contributed by atoms with Crippen LogP contribution in [-0.4, -0.2) is 29.3 Å². The van der Waals surface area contributed by atoms with Crippen molar-refractivity contribution in [2.24, 2.45) is 0 Å². The second-order valence-electron chi connectivity index (χ2n) is 6.64. The minimum atomic E-state index is -1.19. The number of halogens is 3. The third-order valence-corrected chi connectivity index (χ3v) is 5.69. The summed E-state index contributed by atoms with van der Waals surface area (Å²) >= 11 is 17.9. The fourth-order valence-electron chi connectivity index (χ4n) is 3.33. The highest BCUT2D eigenvalue weighted by Gasteiger charge is 2.52. The third kappa shape index (κ3) is 4.20. The Labute approximate surface area is 183 Å². The van der Waals surface area contributed by atoms with Gasteiger partial charge in [0.15, 0.2) is 0 Å². The van der Waals surface area contributed by atoms with E-state index < -0.39 is 29.9 Å². The summed E-state index contributed by atoms with van der Waals surface area (Å²) in [6.07, 6.45) is 1.08. The molecule has 0 radical (unpaired) electrons. The summed E-state index contributed by atoms with van der Waals surface area (Å²) in [6.45, 7) is 1.46. The van der Waals surface area contributed by atoms with Crippen LogP contribution < -0.4 is 10.6 Å². The molecule has 3 rings (SSSR count). The number of benzene rings is 2. The van der Waals surface area contributed by atoms with Crippen LogP contribution in [0.5, 0.6) is 0 Å². The van der Waals surface area contributed by atoms with Crippen molar-refractivity contribution in [1.82, 2.24) is 10.2 Å². The average molecular weight is 455 g/mol. The number of rotatable bonds is 6. The molecule has 0 aromatic heterocycles. The van der Waals surface area contributed by atoms with E-state index in [4.69, 9.17) is 34.8 Å². The minimum absolute atomic E-state index is 0.189. The van der Waals surface area contributed by atoms with E-state index in [1.165, 1.54) is 12.1 Å². The van der Waals surface area contributed by atoms with Crippen LogP contribution >= 0.6 is 34.8 Å². The Morgan fingerprint density at radius 3 is 2.38 bits per heavy atom. The highest BCUT2D eigenvalue weighted by atomic mass is 35.5. The summed E-state index contributed by atoms with van der Waals surface area (Å²) in [4.78, 5) is 39.1. The van der Waals surface area contributed by atoms with Crippen molar-refractivity contribution in [2.45, 2.75) is 25.3 Å². The zero-order chi connectivity index (χ0) is 21.2. The summed E-state index contributed by atoms with van der Waals surface area (Å²) in [7, 11) is 0. The van der Waals surface area contributed by atoms with Gasteiger partial charge in [0, 0.05) is 0 Å². The topological polar surface area (TPSA) is 78.5 Å². The van der Waals surface area contributed by atoms with Crippen LogP contribution in [0.15, 0.2) is 42.5 Å². The molecule has 1 fully saturated rings. The van der Waals surface area contributed by atoms with Gasteiger partial charge in [0.2, 0.25) is 5.91 Å². The van der Waals surface area contributed by atoms with E-state index in [1.54, 1.807) is 24.3 Å². The fourth-order valence-corrected chi connectivity index (χ4v) is 3.92. The van der Waals surface area contributed by atoms with Gasteiger partial charge in [-0.05, 0) is 24.1 Å². The lowest BCUT2D eigenvalue weighted by Gasteiger charge is -2.26. The maximum Gasteiger partial charge on any atom is 0.325 e. The summed E-state index contributed by atoms with van der Waals surface area (Å²) in [5.41, 5.74) is -0.272. The van der Waals surface area contributed by atoms with Crippen molar-refractivity contribution in [2.75, 3.05) is 11.9 Å². The summed E-state index contributed by atoms with van der Waals surface area (Å²) in [6, 6.07) is 11.2. The van der Waals surface area contributed by atoms with E-state index in [1.807, 2.05) is 13.0 Å². The first-order valence-electron chi connectivity index (χ1n) is 8.92. The van der Waals surface area contributed by atoms with E-state index in [0.717, 1.165) is 4.90 Å². The average Bonchev–Trinajstić information content (AvgIpc) is 2.92. The Balaban J connectivity index is 1.81. The summed E-state index contributed by atoms with van der Waals surface area (Å²) < 4.78 is 0. The van der Waals surface area contributed by atoms with Crippen molar-refractivity contribution in [3.63, 3.8) is 0 Å². The third-order valence-electron chi connectivity index (χ3n) is 4.65. The second kappa shape index (κ2) is 8.61. The molecule has 2 aromatic carbocycles. The molecule has 1 saturated heterocycles. The number of hydrogen-bond donors (Lipinski definition) is 2. The Morgan fingerprint density at radius 1 is 1.07 bits per heavy atom. The normalized spacial score (nSPS) is 18.7. The molecule has 1 aliphatic heterocycles. The number of carbonyl (C=O) groups is 3. The number of imide groups is 1. The maximum absolute atomic E-state index is 13.2. The molecule has 0 spiro atoms. The molecular weight excluding hydrogens is 437 g/mol. The Kier molecular flexibility index (Phi) is 6.36. The molecule has 1 atom stereocenters. The molecule has 0 saturated carbocycles. The monoisotopic (exact) mass is 453 g/mol. The number of anilines is 1. The predicted octanol–water partition coefficient (Wildman–Crippen LogP) is 4.83. The molecular formula is C20H18Cl3N3O3. The summed E-state index contributed by atoms with van der Waals surface area (Å²) in [5, 5.41) is 5.98. The zero-order valence-corrected chi connectivity index (χ0v) is 17.7. The van der Waals surface area contributed by atoms with E-state index in [0.29, 0.717) is 18.4 Å². The Hall–Kier alpha value is -2.28. The molecule has 2 aromatic rings. The van der Waals surface area contributed by atoms with Crippen LogP contribution in [0, 0.1) is 0 Å². The number of nitrogens with one attached hydrogen (secondary N) is 2. The molecule has 1 aliphatic rings. The maximum atomic E-state index is 13.2. The number of hydrogen-bond acceptors (Lipinski definition) is 3. The van der Waals surface area contributed by atoms with Gasteiger partial charge in [-0.15, -0.1) is 0 Å². The second-order valence-corrected chi connectivity index (χ2v) is 7.86. The lowest BCUT2D eigenvalue weighted by Crippen LogP contribution is -2.44. The highest BCUT2D eigenvalue weighted by Crippen LogP contribution is 2.34. The number of amides is 4. The molecule has 29 heavy (non-hydrogen) atoms. The number of carbonyl (C=O) groups excluding carboxylic acids is 3. The molecule has 1 unspecified atom stereocenters. The van der Waals surface area contributed by atoms with Gasteiger partial charge in [0.25, 0.3) is 5.91 Å². The van der Waals surface area contributed by atoms with E-state index in [2.05, 4.69) is 10.6 Å². The van der Waals surface area contributed by atoms with Gasteiger partial charge in [0.1, 0.15) is 12.1 Å². The van der Waals surface area contributed by atoms with Gasteiger partial charge >= 0.3 is 6.03 Å². The standard InChI is InChI=1S/C20H18Cl3N3O3/c1-2-8-20(12-6-4-3-5-7-12)18(28)26(19(29)25-20)11-17(27)24-16-10-14(22)13(21)9-15(16)23/h3-7,9-10H,2,8,11H2,1H3,(H,24,27)(H,25,29). The van der Waals surface area contributed by atoms with Crippen molar-refractivity contribution in [3.05, 3.63) is 63.1 Å². The Bertz CT molecular complexity index is 968. The smallest absolute Gasteiger partial charge is 0.323 e. The van der Waals surface area contributed by atoms with Crippen molar-refractivity contribution in [1.29, 1.82) is 0 Å². The fraction of sp³-hybridized carbons (Fsp3) is 0.250.